The second kappa shape index (κ2) is 6.66. The van der Waals surface area contributed by atoms with Gasteiger partial charge in [0.1, 0.15) is 5.69 Å². The van der Waals surface area contributed by atoms with E-state index in [1.807, 2.05) is 30.9 Å². The molecule has 4 nitrogen and oxygen atoms in total. The van der Waals surface area contributed by atoms with E-state index in [-0.39, 0.29) is 12.0 Å². The molecule has 1 aliphatic rings. The van der Waals surface area contributed by atoms with Crippen molar-refractivity contribution in [3.63, 3.8) is 0 Å². The van der Waals surface area contributed by atoms with Gasteiger partial charge in [-0.1, -0.05) is 6.07 Å². The van der Waals surface area contributed by atoms with Crippen LogP contribution < -0.4 is 0 Å². The van der Waals surface area contributed by atoms with Crippen LogP contribution in [-0.2, 0) is 4.74 Å². The Kier molecular flexibility index (Phi) is 4.91. The Morgan fingerprint density at radius 3 is 2.95 bits per heavy atom. The van der Waals surface area contributed by atoms with Gasteiger partial charge < -0.3 is 9.64 Å². The van der Waals surface area contributed by atoms with Gasteiger partial charge in [-0.05, 0) is 45.2 Å². The minimum Gasteiger partial charge on any atom is -0.376 e. The van der Waals surface area contributed by atoms with Crippen molar-refractivity contribution in [3.8, 4) is 0 Å². The first-order chi connectivity index (χ1) is 9.20. The molecule has 1 atom stereocenters. The fourth-order valence-corrected chi connectivity index (χ4v) is 2.38. The number of hydrogen-bond acceptors (Lipinski definition) is 3. The molecule has 0 radical (unpaired) electrons. The van der Waals surface area contributed by atoms with Crippen LogP contribution in [-0.4, -0.2) is 41.6 Å². The van der Waals surface area contributed by atoms with Crippen LogP contribution in [0.3, 0.4) is 0 Å². The summed E-state index contributed by atoms with van der Waals surface area (Å²) in [6.07, 6.45) is 3.56. The summed E-state index contributed by atoms with van der Waals surface area (Å²) >= 11 is 0. The number of rotatable bonds is 4. The quantitative estimate of drug-likeness (QED) is 0.837. The number of carbonyl (C=O) groups excluding carboxylic acids is 1. The maximum atomic E-state index is 12.4. The molecule has 1 aromatic rings. The van der Waals surface area contributed by atoms with E-state index in [2.05, 4.69) is 4.98 Å². The van der Waals surface area contributed by atoms with Crippen molar-refractivity contribution in [1.29, 1.82) is 0 Å². The van der Waals surface area contributed by atoms with Gasteiger partial charge in [-0.3, -0.25) is 4.79 Å². The number of pyridine rings is 1. The normalized spacial score (nSPS) is 19.2. The predicted molar refractivity (Wildman–Crippen MR) is 74.1 cm³/mol. The Morgan fingerprint density at radius 1 is 1.47 bits per heavy atom. The van der Waals surface area contributed by atoms with Gasteiger partial charge in [0.15, 0.2) is 0 Å². The standard InChI is InChI=1S/C15H22N2O2/c1-3-17(11-13-8-4-5-10-19-13)15(18)14-9-6-7-12(2)16-14/h6-7,9,13H,3-5,8,10-11H2,1-2H3/t13-/m1/s1. The van der Waals surface area contributed by atoms with E-state index < -0.39 is 0 Å². The van der Waals surface area contributed by atoms with Gasteiger partial charge >= 0.3 is 0 Å². The first-order valence-electron chi connectivity index (χ1n) is 7.05. The highest BCUT2D eigenvalue weighted by atomic mass is 16.5. The molecule has 1 amide bonds. The molecule has 1 aromatic heterocycles. The SMILES string of the molecule is CCN(C[C@H]1CCCCO1)C(=O)c1cccc(C)n1. The third-order valence-corrected chi connectivity index (χ3v) is 3.47. The Morgan fingerprint density at radius 2 is 2.32 bits per heavy atom. The molecular formula is C15H22N2O2. The monoisotopic (exact) mass is 262 g/mol. The molecular weight excluding hydrogens is 240 g/mol. The molecule has 4 heteroatoms. The van der Waals surface area contributed by atoms with Crippen LogP contribution in [0.4, 0.5) is 0 Å². The summed E-state index contributed by atoms with van der Waals surface area (Å²) in [6.45, 7) is 6.08. The van der Waals surface area contributed by atoms with Crippen LogP contribution in [0, 0.1) is 6.92 Å². The summed E-state index contributed by atoms with van der Waals surface area (Å²) in [7, 11) is 0. The molecule has 0 spiro atoms. The van der Waals surface area contributed by atoms with Gasteiger partial charge in [0.25, 0.3) is 5.91 Å². The molecule has 0 saturated carbocycles. The maximum Gasteiger partial charge on any atom is 0.272 e. The molecule has 0 bridgehead atoms. The lowest BCUT2D eigenvalue weighted by molar-refractivity contribution is -0.00323. The van der Waals surface area contributed by atoms with Crippen LogP contribution in [0.25, 0.3) is 0 Å². The van der Waals surface area contributed by atoms with E-state index in [0.717, 1.165) is 25.1 Å². The van der Waals surface area contributed by atoms with Gasteiger partial charge in [-0.15, -0.1) is 0 Å². The lowest BCUT2D eigenvalue weighted by Crippen LogP contribution is -2.40. The second-order valence-corrected chi connectivity index (χ2v) is 5.00. The van der Waals surface area contributed by atoms with Gasteiger partial charge in [0, 0.05) is 25.4 Å². The highest BCUT2D eigenvalue weighted by Crippen LogP contribution is 2.15. The zero-order valence-electron chi connectivity index (χ0n) is 11.8. The van der Waals surface area contributed by atoms with E-state index in [9.17, 15) is 4.79 Å². The summed E-state index contributed by atoms with van der Waals surface area (Å²) in [6, 6.07) is 5.55. The molecule has 0 N–H and O–H groups in total. The molecule has 0 unspecified atom stereocenters. The molecule has 0 aromatic carbocycles. The van der Waals surface area contributed by atoms with Crippen LogP contribution in [0.15, 0.2) is 18.2 Å². The Labute approximate surface area is 114 Å². The zero-order valence-corrected chi connectivity index (χ0v) is 11.8. The molecule has 2 rings (SSSR count). The molecule has 19 heavy (non-hydrogen) atoms. The van der Waals surface area contributed by atoms with Crippen molar-refractivity contribution >= 4 is 5.91 Å². The molecule has 1 fully saturated rings. The first-order valence-corrected chi connectivity index (χ1v) is 7.05. The van der Waals surface area contributed by atoms with Crippen molar-refractivity contribution in [2.45, 2.75) is 39.2 Å². The van der Waals surface area contributed by atoms with Crippen LogP contribution >= 0.6 is 0 Å². The van der Waals surface area contributed by atoms with Crippen molar-refractivity contribution in [2.75, 3.05) is 19.7 Å². The second-order valence-electron chi connectivity index (χ2n) is 5.00. The number of nitrogens with zero attached hydrogens (tertiary/aromatic N) is 2. The lowest BCUT2D eigenvalue weighted by atomic mass is 10.1. The van der Waals surface area contributed by atoms with Crippen LogP contribution in [0.5, 0.6) is 0 Å². The fourth-order valence-electron chi connectivity index (χ4n) is 2.38. The summed E-state index contributed by atoms with van der Waals surface area (Å²) in [5.74, 6) is 0.000346. The Bertz CT molecular complexity index is 428. The molecule has 0 aliphatic carbocycles. The number of likely N-dealkylation sites (N-methyl/N-ethyl adjacent to an activating group) is 1. The van der Waals surface area contributed by atoms with Gasteiger partial charge in [0.05, 0.1) is 6.10 Å². The minimum atomic E-state index is 0.000346. The third-order valence-electron chi connectivity index (χ3n) is 3.47. The van der Waals surface area contributed by atoms with Gasteiger partial charge in [-0.2, -0.15) is 0 Å². The zero-order chi connectivity index (χ0) is 13.7. The number of carbonyl (C=O) groups is 1. The fraction of sp³-hybridized carbons (Fsp3) is 0.600. The summed E-state index contributed by atoms with van der Waals surface area (Å²) in [4.78, 5) is 18.5. The number of hydrogen-bond donors (Lipinski definition) is 0. The Hall–Kier alpha value is -1.42. The third kappa shape index (κ3) is 3.77. The lowest BCUT2D eigenvalue weighted by Gasteiger charge is -2.29. The topological polar surface area (TPSA) is 42.4 Å². The molecule has 1 saturated heterocycles. The Balaban J connectivity index is 2.02. The van der Waals surface area contributed by atoms with Crippen molar-refractivity contribution in [3.05, 3.63) is 29.6 Å². The molecule has 104 valence electrons. The highest BCUT2D eigenvalue weighted by molar-refractivity contribution is 5.92. The van der Waals surface area contributed by atoms with Crippen molar-refractivity contribution in [1.82, 2.24) is 9.88 Å². The van der Waals surface area contributed by atoms with Crippen LogP contribution in [0.2, 0.25) is 0 Å². The predicted octanol–water partition coefficient (Wildman–Crippen LogP) is 2.42. The first kappa shape index (κ1) is 14.0. The van der Waals surface area contributed by atoms with E-state index in [1.54, 1.807) is 6.07 Å². The van der Waals surface area contributed by atoms with Gasteiger partial charge in [0.2, 0.25) is 0 Å². The molecule has 2 heterocycles. The van der Waals surface area contributed by atoms with Crippen molar-refractivity contribution in [2.24, 2.45) is 0 Å². The maximum absolute atomic E-state index is 12.4. The largest absolute Gasteiger partial charge is 0.376 e. The van der Waals surface area contributed by atoms with E-state index >= 15 is 0 Å². The minimum absolute atomic E-state index is 0.000346. The highest BCUT2D eigenvalue weighted by Gasteiger charge is 2.21. The number of amides is 1. The average Bonchev–Trinajstić information content (AvgIpc) is 2.45. The smallest absolute Gasteiger partial charge is 0.272 e. The van der Waals surface area contributed by atoms with E-state index in [1.165, 1.54) is 6.42 Å². The average molecular weight is 262 g/mol. The van der Waals surface area contributed by atoms with Gasteiger partial charge in [-0.25, -0.2) is 4.98 Å². The molecule has 1 aliphatic heterocycles. The van der Waals surface area contributed by atoms with Crippen molar-refractivity contribution < 1.29 is 9.53 Å². The summed E-state index contributed by atoms with van der Waals surface area (Å²) < 4.78 is 5.71. The van der Waals surface area contributed by atoms with E-state index in [0.29, 0.717) is 18.8 Å². The van der Waals surface area contributed by atoms with Crippen LogP contribution in [0.1, 0.15) is 42.4 Å². The number of aryl methyl sites for hydroxylation is 1. The summed E-state index contributed by atoms with van der Waals surface area (Å²) in [5, 5.41) is 0. The number of aromatic nitrogens is 1. The number of ether oxygens (including phenoxy) is 1. The summed E-state index contributed by atoms with van der Waals surface area (Å²) in [5.41, 5.74) is 1.40. The van der Waals surface area contributed by atoms with E-state index in [4.69, 9.17) is 4.74 Å².